The van der Waals surface area contributed by atoms with Gasteiger partial charge in [-0.1, -0.05) is 25.1 Å². The molecule has 19 heavy (non-hydrogen) atoms. The summed E-state index contributed by atoms with van der Waals surface area (Å²) in [7, 11) is 2.11. The smallest absolute Gasteiger partial charge is 0.336 e. The average Bonchev–Trinajstić information content (AvgIpc) is 2.42. The van der Waals surface area contributed by atoms with Gasteiger partial charge in [0.05, 0.1) is 5.56 Å². The molecule has 4 heteroatoms. The Hall–Kier alpha value is -1.39. The molecular formula is C15H24N2O2. The minimum atomic E-state index is -0.867. The first-order chi connectivity index (χ1) is 9.06. The third-order valence-corrected chi connectivity index (χ3v) is 3.55. The maximum atomic E-state index is 11.1. The van der Waals surface area contributed by atoms with E-state index < -0.39 is 5.97 Å². The van der Waals surface area contributed by atoms with Crippen LogP contribution in [0.5, 0.6) is 0 Å². The second-order valence-electron chi connectivity index (χ2n) is 4.88. The zero-order chi connectivity index (χ0) is 14.3. The maximum Gasteiger partial charge on any atom is 0.336 e. The third kappa shape index (κ3) is 5.01. The number of likely N-dealkylation sites (N-methyl/N-ethyl adjacent to an activating group) is 1. The highest BCUT2D eigenvalue weighted by atomic mass is 16.4. The molecule has 0 heterocycles. The summed E-state index contributed by atoms with van der Waals surface area (Å²) in [6.45, 7) is 6.80. The van der Waals surface area contributed by atoms with E-state index in [0.29, 0.717) is 18.2 Å². The number of carboxylic acid groups (broad SMARTS) is 1. The number of aromatic carboxylic acids is 1. The second kappa shape index (κ2) is 7.92. The van der Waals surface area contributed by atoms with Crippen molar-refractivity contribution >= 4 is 5.97 Å². The van der Waals surface area contributed by atoms with Gasteiger partial charge in [0.25, 0.3) is 0 Å². The van der Waals surface area contributed by atoms with Crippen LogP contribution in [0.2, 0.25) is 0 Å². The first-order valence-electron chi connectivity index (χ1n) is 6.78. The largest absolute Gasteiger partial charge is 0.478 e. The summed E-state index contributed by atoms with van der Waals surface area (Å²) in [5.41, 5.74) is 1.21. The molecule has 2 N–H and O–H groups in total. The van der Waals surface area contributed by atoms with E-state index in [-0.39, 0.29) is 0 Å². The molecule has 0 amide bonds. The van der Waals surface area contributed by atoms with Crippen LogP contribution in [-0.4, -0.2) is 42.2 Å². The molecule has 1 rings (SSSR count). The Labute approximate surface area is 115 Å². The molecule has 0 saturated heterocycles. The van der Waals surface area contributed by atoms with E-state index >= 15 is 0 Å². The Morgan fingerprint density at radius 1 is 1.42 bits per heavy atom. The average molecular weight is 264 g/mol. The number of nitrogens with zero attached hydrogens (tertiary/aromatic N) is 1. The molecule has 0 bridgehead atoms. The number of benzene rings is 1. The monoisotopic (exact) mass is 264 g/mol. The van der Waals surface area contributed by atoms with E-state index in [4.69, 9.17) is 5.11 Å². The van der Waals surface area contributed by atoms with Crippen molar-refractivity contribution in [1.29, 1.82) is 0 Å². The summed E-state index contributed by atoms with van der Waals surface area (Å²) in [5.74, 6) is -0.867. The normalized spacial score (nSPS) is 12.6. The molecule has 1 atom stereocenters. The first-order valence-corrected chi connectivity index (χ1v) is 6.78. The standard InChI is InChI=1S/C15H24N2O2/c1-4-12(2)17(3)10-9-16-11-13-7-5-6-8-14(13)15(18)19/h5-8,12,16H,4,9-11H2,1-3H3,(H,18,19). The highest BCUT2D eigenvalue weighted by molar-refractivity contribution is 5.89. The summed E-state index contributed by atoms with van der Waals surface area (Å²) >= 11 is 0. The van der Waals surface area contributed by atoms with Crippen molar-refractivity contribution in [3.8, 4) is 0 Å². The van der Waals surface area contributed by atoms with Gasteiger partial charge in [0, 0.05) is 25.7 Å². The first kappa shape index (κ1) is 15.7. The van der Waals surface area contributed by atoms with E-state index in [9.17, 15) is 4.79 Å². The van der Waals surface area contributed by atoms with Crippen molar-refractivity contribution in [3.63, 3.8) is 0 Å². The van der Waals surface area contributed by atoms with Gasteiger partial charge in [0.1, 0.15) is 0 Å². The molecule has 106 valence electrons. The summed E-state index contributed by atoms with van der Waals surface area (Å²) in [6, 6.07) is 7.70. The Kier molecular flexibility index (Phi) is 6.53. The predicted molar refractivity (Wildman–Crippen MR) is 77.5 cm³/mol. The lowest BCUT2D eigenvalue weighted by Gasteiger charge is -2.23. The van der Waals surface area contributed by atoms with E-state index in [2.05, 4.69) is 31.1 Å². The van der Waals surface area contributed by atoms with Gasteiger partial charge < -0.3 is 15.3 Å². The van der Waals surface area contributed by atoms with E-state index in [1.165, 1.54) is 0 Å². The summed E-state index contributed by atoms with van der Waals surface area (Å²) in [4.78, 5) is 13.4. The van der Waals surface area contributed by atoms with Gasteiger partial charge in [-0.3, -0.25) is 0 Å². The lowest BCUT2D eigenvalue weighted by molar-refractivity contribution is 0.0695. The number of nitrogens with one attached hydrogen (secondary N) is 1. The number of hydrogen-bond acceptors (Lipinski definition) is 3. The topological polar surface area (TPSA) is 52.6 Å². The van der Waals surface area contributed by atoms with Crippen molar-refractivity contribution in [2.75, 3.05) is 20.1 Å². The van der Waals surface area contributed by atoms with E-state index in [0.717, 1.165) is 25.1 Å². The fraction of sp³-hybridized carbons (Fsp3) is 0.533. The quantitative estimate of drug-likeness (QED) is 0.707. The molecule has 0 aliphatic rings. The van der Waals surface area contributed by atoms with Crippen LogP contribution in [0, 0.1) is 0 Å². The van der Waals surface area contributed by atoms with Crippen LogP contribution in [0.1, 0.15) is 36.2 Å². The van der Waals surface area contributed by atoms with Crippen LogP contribution in [0.15, 0.2) is 24.3 Å². The molecule has 0 radical (unpaired) electrons. The van der Waals surface area contributed by atoms with Crippen LogP contribution in [-0.2, 0) is 6.54 Å². The Balaban J connectivity index is 2.40. The highest BCUT2D eigenvalue weighted by Gasteiger charge is 2.09. The molecule has 0 aromatic heterocycles. The molecule has 1 aromatic rings. The molecule has 0 aliphatic heterocycles. The molecule has 0 aliphatic carbocycles. The van der Waals surface area contributed by atoms with Gasteiger partial charge in [-0.25, -0.2) is 4.79 Å². The van der Waals surface area contributed by atoms with Crippen molar-refractivity contribution in [2.45, 2.75) is 32.9 Å². The summed E-state index contributed by atoms with van der Waals surface area (Å²) in [6.07, 6.45) is 1.14. The minimum Gasteiger partial charge on any atom is -0.478 e. The Bertz CT molecular complexity index is 407. The molecule has 0 saturated carbocycles. The predicted octanol–water partition coefficient (Wildman–Crippen LogP) is 2.20. The molecular weight excluding hydrogens is 240 g/mol. The number of hydrogen-bond donors (Lipinski definition) is 2. The van der Waals surface area contributed by atoms with E-state index in [1.54, 1.807) is 12.1 Å². The van der Waals surface area contributed by atoms with Crippen LogP contribution >= 0.6 is 0 Å². The Morgan fingerprint density at radius 2 is 2.11 bits per heavy atom. The van der Waals surface area contributed by atoms with Gasteiger partial charge in [-0.05, 0) is 32.0 Å². The van der Waals surface area contributed by atoms with Gasteiger partial charge in [0.2, 0.25) is 0 Å². The van der Waals surface area contributed by atoms with E-state index in [1.807, 2.05) is 12.1 Å². The summed E-state index contributed by atoms with van der Waals surface area (Å²) < 4.78 is 0. The van der Waals surface area contributed by atoms with Crippen LogP contribution in [0.25, 0.3) is 0 Å². The summed E-state index contributed by atoms with van der Waals surface area (Å²) in [5, 5.41) is 12.4. The van der Waals surface area contributed by atoms with Gasteiger partial charge in [0.15, 0.2) is 0 Å². The minimum absolute atomic E-state index is 0.380. The molecule has 0 spiro atoms. The van der Waals surface area contributed by atoms with Crippen LogP contribution in [0.3, 0.4) is 0 Å². The van der Waals surface area contributed by atoms with Crippen molar-refractivity contribution in [3.05, 3.63) is 35.4 Å². The van der Waals surface area contributed by atoms with Gasteiger partial charge in [-0.2, -0.15) is 0 Å². The van der Waals surface area contributed by atoms with Gasteiger partial charge >= 0.3 is 5.97 Å². The van der Waals surface area contributed by atoms with Gasteiger partial charge in [-0.15, -0.1) is 0 Å². The zero-order valence-electron chi connectivity index (χ0n) is 12.0. The molecule has 1 aromatic carbocycles. The van der Waals surface area contributed by atoms with Crippen molar-refractivity contribution < 1.29 is 9.90 Å². The Morgan fingerprint density at radius 3 is 2.74 bits per heavy atom. The van der Waals surface area contributed by atoms with Crippen molar-refractivity contribution in [2.24, 2.45) is 0 Å². The third-order valence-electron chi connectivity index (χ3n) is 3.55. The number of carboxylic acids is 1. The highest BCUT2D eigenvalue weighted by Crippen LogP contribution is 2.08. The zero-order valence-corrected chi connectivity index (χ0v) is 12.0. The lowest BCUT2D eigenvalue weighted by Crippen LogP contribution is -2.34. The van der Waals surface area contributed by atoms with Crippen LogP contribution < -0.4 is 5.32 Å². The van der Waals surface area contributed by atoms with Crippen molar-refractivity contribution in [1.82, 2.24) is 10.2 Å². The molecule has 4 nitrogen and oxygen atoms in total. The lowest BCUT2D eigenvalue weighted by atomic mass is 10.1. The molecule has 1 unspecified atom stereocenters. The van der Waals surface area contributed by atoms with Crippen LogP contribution in [0.4, 0.5) is 0 Å². The second-order valence-corrected chi connectivity index (χ2v) is 4.88. The fourth-order valence-corrected chi connectivity index (χ4v) is 1.89. The number of rotatable bonds is 8. The fourth-order valence-electron chi connectivity index (χ4n) is 1.89. The maximum absolute atomic E-state index is 11.1. The number of carbonyl (C=O) groups is 1. The molecule has 0 fully saturated rings. The SMILES string of the molecule is CCC(C)N(C)CCNCc1ccccc1C(=O)O.